The minimum atomic E-state index is 0.238. The Hall–Kier alpha value is -1.14. The number of rotatable bonds is 5. The first kappa shape index (κ1) is 13.8. The zero-order valence-electron chi connectivity index (χ0n) is 11.8. The molecule has 3 aliphatic rings. The lowest BCUT2D eigenvalue weighted by Gasteiger charge is -2.44. The van der Waals surface area contributed by atoms with Gasteiger partial charge in [-0.1, -0.05) is 6.92 Å². The second-order valence-electron chi connectivity index (χ2n) is 5.57. The summed E-state index contributed by atoms with van der Waals surface area (Å²) in [7, 11) is 0. The van der Waals surface area contributed by atoms with E-state index in [0.717, 1.165) is 25.4 Å². The number of nitrogens with one attached hydrogen (secondary N) is 2. The number of anilines is 2. The molecule has 3 aliphatic heterocycles. The highest BCUT2D eigenvalue weighted by molar-refractivity contribution is 6.28. The Morgan fingerprint density at radius 1 is 1.20 bits per heavy atom. The summed E-state index contributed by atoms with van der Waals surface area (Å²) in [6, 6.07) is 0.426. The third-order valence-electron chi connectivity index (χ3n) is 4.11. The number of aromatic nitrogens is 3. The maximum Gasteiger partial charge on any atom is 0.229 e. The normalized spacial score (nSPS) is 28.4. The third-order valence-corrected chi connectivity index (χ3v) is 4.28. The summed E-state index contributed by atoms with van der Waals surface area (Å²) < 4.78 is 0. The molecule has 2 N–H and O–H groups in total. The van der Waals surface area contributed by atoms with E-state index < -0.39 is 0 Å². The topological polar surface area (TPSA) is 66.0 Å². The zero-order valence-corrected chi connectivity index (χ0v) is 12.5. The number of fused-ring (bicyclic) bond motifs is 3. The highest BCUT2D eigenvalue weighted by Gasteiger charge is 2.34. The summed E-state index contributed by atoms with van der Waals surface area (Å²) in [5.74, 6) is 1.86. The average Bonchev–Trinajstić information content (AvgIpc) is 2.46. The highest BCUT2D eigenvalue weighted by atomic mass is 35.5. The fourth-order valence-corrected chi connectivity index (χ4v) is 3.19. The molecule has 1 aromatic heterocycles. The van der Waals surface area contributed by atoms with Crippen molar-refractivity contribution in [3.63, 3.8) is 0 Å². The molecule has 1 atom stereocenters. The van der Waals surface area contributed by atoms with Crippen molar-refractivity contribution in [1.82, 2.24) is 19.9 Å². The number of nitrogens with zero attached hydrogens (tertiary/aromatic N) is 4. The molecule has 4 heterocycles. The van der Waals surface area contributed by atoms with E-state index in [1.807, 2.05) is 0 Å². The van der Waals surface area contributed by atoms with Gasteiger partial charge in [0.2, 0.25) is 17.2 Å². The highest BCUT2D eigenvalue weighted by Crippen LogP contribution is 2.29. The van der Waals surface area contributed by atoms with Gasteiger partial charge >= 0.3 is 0 Å². The Bertz CT molecular complexity index is 460. The van der Waals surface area contributed by atoms with Crippen molar-refractivity contribution in [1.29, 1.82) is 0 Å². The molecule has 1 unspecified atom stereocenters. The van der Waals surface area contributed by atoms with Crippen LogP contribution in [0.25, 0.3) is 0 Å². The fourth-order valence-electron chi connectivity index (χ4n) is 3.02. The molecule has 0 radical (unpaired) electrons. The quantitative estimate of drug-likeness (QED) is 0.864. The summed E-state index contributed by atoms with van der Waals surface area (Å²) in [5.41, 5.74) is 0. The first-order valence-corrected chi connectivity index (χ1v) is 7.76. The molecule has 3 fully saturated rings. The maximum absolute atomic E-state index is 5.97. The lowest BCUT2D eigenvalue weighted by molar-refractivity contribution is 0.0972. The van der Waals surface area contributed by atoms with Crippen LogP contribution < -0.4 is 10.6 Å². The molecule has 7 heteroatoms. The monoisotopic (exact) mass is 296 g/mol. The van der Waals surface area contributed by atoms with Crippen molar-refractivity contribution >= 4 is 23.5 Å². The Kier molecular flexibility index (Phi) is 4.21. The van der Waals surface area contributed by atoms with Gasteiger partial charge < -0.3 is 15.5 Å². The van der Waals surface area contributed by atoms with Gasteiger partial charge in [-0.25, -0.2) is 0 Å². The first-order valence-electron chi connectivity index (χ1n) is 7.39. The van der Waals surface area contributed by atoms with E-state index in [0.29, 0.717) is 17.9 Å². The van der Waals surface area contributed by atoms with Crippen LogP contribution in [0.15, 0.2) is 0 Å². The summed E-state index contributed by atoms with van der Waals surface area (Å²) in [5, 5.41) is 6.83. The summed E-state index contributed by atoms with van der Waals surface area (Å²) in [4.78, 5) is 15.2. The van der Waals surface area contributed by atoms with Crippen LogP contribution in [0, 0.1) is 5.92 Å². The standard InChI is InChI=1S/C13H21ClN6/c1-2-5-15-12-17-11(14)18-13(19-12)16-10-8-20-6-3-9(10)4-7-20/h9-10H,2-8H2,1H3,(H2,15,16,17,18,19). The van der Waals surface area contributed by atoms with Gasteiger partial charge in [0.15, 0.2) is 0 Å². The number of hydrogen-bond acceptors (Lipinski definition) is 6. The minimum Gasteiger partial charge on any atom is -0.354 e. The second kappa shape index (κ2) is 6.10. The van der Waals surface area contributed by atoms with Crippen LogP contribution in [0.2, 0.25) is 5.28 Å². The largest absolute Gasteiger partial charge is 0.354 e. The smallest absolute Gasteiger partial charge is 0.229 e. The SMILES string of the molecule is CCCNc1nc(Cl)nc(NC2CN3CCC2CC3)n1. The Morgan fingerprint density at radius 2 is 1.95 bits per heavy atom. The van der Waals surface area contributed by atoms with E-state index in [9.17, 15) is 0 Å². The van der Waals surface area contributed by atoms with E-state index in [2.05, 4.69) is 37.4 Å². The number of piperidine rings is 3. The molecule has 110 valence electrons. The van der Waals surface area contributed by atoms with Gasteiger partial charge in [-0.2, -0.15) is 15.0 Å². The maximum atomic E-state index is 5.97. The van der Waals surface area contributed by atoms with E-state index in [1.165, 1.54) is 25.9 Å². The predicted molar refractivity (Wildman–Crippen MR) is 80.2 cm³/mol. The third kappa shape index (κ3) is 3.12. The molecular weight excluding hydrogens is 276 g/mol. The molecule has 6 nitrogen and oxygen atoms in total. The van der Waals surface area contributed by atoms with Crippen LogP contribution >= 0.6 is 11.6 Å². The first-order chi connectivity index (χ1) is 9.74. The van der Waals surface area contributed by atoms with Crippen LogP contribution in [0.1, 0.15) is 26.2 Å². The van der Waals surface area contributed by atoms with Crippen LogP contribution in [-0.4, -0.2) is 52.1 Å². The Morgan fingerprint density at radius 3 is 2.60 bits per heavy atom. The fraction of sp³-hybridized carbons (Fsp3) is 0.769. The van der Waals surface area contributed by atoms with Crippen molar-refractivity contribution in [2.75, 3.05) is 36.8 Å². The van der Waals surface area contributed by atoms with Crippen LogP contribution in [0.4, 0.5) is 11.9 Å². The van der Waals surface area contributed by atoms with Crippen LogP contribution in [-0.2, 0) is 0 Å². The lowest BCUT2D eigenvalue weighted by atomic mass is 9.84. The van der Waals surface area contributed by atoms with E-state index in [4.69, 9.17) is 11.6 Å². The number of hydrogen-bond donors (Lipinski definition) is 2. The van der Waals surface area contributed by atoms with Gasteiger partial charge in [-0.15, -0.1) is 0 Å². The molecule has 0 saturated carbocycles. The van der Waals surface area contributed by atoms with Gasteiger partial charge in [-0.3, -0.25) is 0 Å². The van der Waals surface area contributed by atoms with Crippen molar-refractivity contribution in [2.24, 2.45) is 5.92 Å². The molecule has 2 bridgehead atoms. The summed E-state index contributed by atoms with van der Waals surface area (Å²) in [6.07, 6.45) is 3.54. The average molecular weight is 297 g/mol. The van der Waals surface area contributed by atoms with Crippen molar-refractivity contribution in [3.05, 3.63) is 5.28 Å². The molecule has 1 aromatic rings. The summed E-state index contributed by atoms with van der Waals surface area (Å²) >= 11 is 5.97. The molecule has 0 amide bonds. The van der Waals surface area contributed by atoms with E-state index in [-0.39, 0.29) is 5.28 Å². The van der Waals surface area contributed by atoms with Crippen molar-refractivity contribution < 1.29 is 0 Å². The summed E-state index contributed by atoms with van der Waals surface area (Å²) in [6.45, 7) is 6.46. The Labute approximate surface area is 124 Å². The molecule has 0 aromatic carbocycles. The molecule has 0 spiro atoms. The van der Waals surface area contributed by atoms with Crippen molar-refractivity contribution in [3.8, 4) is 0 Å². The Balaban J connectivity index is 1.68. The van der Waals surface area contributed by atoms with Crippen LogP contribution in [0.3, 0.4) is 0 Å². The van der Waals surface area contributed by atoms with E-state index >= 15 is 0 Å². The predicted octanol–water partition coefficient (Wildman–Crippen LogP) is 1.85. The molecule has 20 heavy (non-hydrogen) atoms. The zero-order chi connectivity index (χ0) is 13.9. The van der Waals surface area contributed by atoms with Gasteiger partial charge in [0, 0.05) is 19.1 Å². The molecule has 4 rings (SSSR count). The van der Waals surface area contributed by atoms with Gasteiger partial charge in [0.1, 0.15) is 0 Å². The lowest BCUT2D eigenvalue weighted by Crippen LogP contribution is -2.53. The van der Waals surface area contributed by atoms with Crippen LogP contribution in [0.5, 0.6) is 0 Å². The molecule has 3 saturated heterocycles. The minimum absolute atomic E-state index is 0.238. The number of halogens is 1. The van der Waals surface area contributed by atoms with Gasteiger partial charge in [0.05, 0.1) is 0 Å². The van der Waals surface area contributed by atoms with Crippen molar-refractivity contribution in [2.45, 2.75) is 32.2 Å². The molecular formula is C13H21ClN6. The molecule has 0 aliphatic carbocycles. The van der Waals surface area contributed by atoms with E-state index in [1.54, 1.807) is 0 Å². The van der Waals surface area contributed by atoms with Gasteiger partial charge in [-0.05, 0) is 49.9 Å². The van der Waals surface area contributed by atoms with Gasteiger partial charge in [0.25, 0.3) is 0 Å². The second-order valence-corrected chi connectivity index (χ2v) is 5.91.